The molecule has 1 atom stereocenters. The Hall–Kier alpha value is -2.12. The number of carboxylic acid groups (broad SMARTS) is 1. The van der Waals surface area contributed by atoms with Crippen molar-refractivity contribution in [1.82, 2.24) is 9.80 Å². The van der Waals surface area contributed by atoms with Crippen LogP contribution in [0.5, 0.6) is 0 Å². The maximum Gasteiger partial charge on any atom is 0.309 e. The number of para-hydroxylation sites is 1. The summed E-state index contributed by atoms with van der Waals surface area (Å²) in [5.41, 5.74) is 0.345. The number of carbonyl (C=O) groups is 2. The minimum absolute atomic E-state index is 0.0991. The van der Waals surface area contributed by atoms with E-state index in [9.17, 15) is 19.8 Å². The molecule has 27 heavy (non-hydrogen) atoms. The van der Waals surface area contributed by atoms with Gasteiger partial charge in [0, 0.05) is 58.4 Å². The van der Waals surface area contributed by atoms with Gasteiger partial charge in [-0.3, -0.25) is 14.5 Å². The lowest BCUT2D eigenvalue weighted by molar-refractivity contribution is -0.143. The summed E-state index contributed by atoms with van der Waals surface area (Å²) in [4.78, 5) is 29.2. The van der Waals surface area contributed by atoms with Gasteiger partial charge in [-0.25, -0.2) is 0 Å². The van der Waals surface area contributed by atoms with Crippen molar-refractivity contribution in [3.63, 3.8) is 0 Å². The molecule has 0 unspecified atom stereocenters. The van der Waals surface area contributed by atoms with Crippen LogP contribution in [0.15, 0.2) is 30.3 Å². The number of hydrogen-bond donors (Lipinski definition) is 2. The third kappa shape index (κ3) is 4.99. The fourth-order valence-corrected chi connectivity index (χ4v) is 4.06. The molecule has 1 amide bonds. The highest BCUT2D eigenvalue weighted by Crippen LogP contribution is 2.27. The zero-order valence-corrected chi connectivity index (χ0v) is 15.9. The number of piperidine rings is 1. The minimum atomic E-state index is -0.890. The van der Waals surface area contributed by atoms with Gasteiger partial charge >= 0.3 is 5.97 Å². The van der Waals surface area contributed by atoms with Crippen LogP contribution in [-0.4, -0.2) is 83.3 Å². The van der Waals surface area contributed by atoms with Gasteiger partial charge in [0.05, 0.1) is 11.5 Å². The molecule has 0 saturated carbocycles. The Kier molecular flexibility index (Phi) is 6.01. The van der Waals surface area contributed by atoms with Crippen LogP contribution >= 0.6 is 0 Å². The summed E-state index contributed by atoms with van der Waals surface area (Å²) in [6.45, 7) is 5.17. The van der Waals surface area contributed by atoms with Gasteiger partial charge in [0.25, 0.3) is 0 Å². The molecule has 7 nitrogen and oxygen atoms in total. The van der Waals surface area contributed by atoms with Crippen LogP contribution in [0.3, 0.4) is 0 Å². The molecule has 148 valence electrons. The minimum Gasteiger partial charge on any atom is -0.481 e. The molecule has 0 radical (unpaired) electrons. The maximum atomic E-state index is 11.7. The molecule has 2 heterocycles. The highest BCUT2D eigenvalue weighted by atomic mass is 16.4. The first kappa shape index (κ1) is 19.6. The van der Waals surface area contributed by atoms with E-state index in [0.29, 0.717) is 39.0 Å². The number of β-amino-alcohol motifs (C(OH)–C–C–N with tert-alkyl or cyclic N) is 1. The predicted octanol–water partition coefficient (Wildman–Crippen LogP) is 0.883. The highest BCUT2D eigenvalue weighted by Gasteiger charge is 2.37. The van der Waals surface area contributed by atoms with Crippen LogP contribution < -0.4 is 4.90 Å². The van der Waals surface area contributed by atoms with E-state index in [4.69, 9.17) is 0 Å². The molecule has 1 aromatic carbocycles. The summed E-state index contributed by atoms with van der Waals surface area (Å²) in [5.74, 6) is -1.61. The summed E-state index contributed by atoms with van der Waals surface area (Å²) >= 11 is 0. The summed E-state index contributed by atoms with van der Waals surface area (Å²) in [6.07, 6.45) is 1.29. The van der Waals surface area contributed by atoms with Crippen LogP contribution in [0.1, 0.15) is 19.8 Å². The lowest BCUT2D eigenvalue weighted by atomic mass is 9.90. The van der Waals surface area contributed by atoms with Gasteiger partial charge < -0.3 is 20.0 Å². The fraction of sp³-hybridized carbons (Fsp3) is 0.600. The first-order chi connectivity index (χ1) is 12.9. The van der Waals surface area contributed by atoms with Gasteiger partial charge in [0.2, 0.25) is 5.91 Å². The summed E-state index contributed by atoms with van der Waals surface area (Å²) in [5, 5.41) is 20.6. The number of nitrogens with zero attached hydrogens (tertiary/aromatic N) is 3. The van der Waals surface area contributed by atoms with Crippen molar-refractivity contribution < 1.29 is 19.8 Å². The van der Waals surface area contributed by atoms with Crippen LogP contribution in [-0.2, 0) is 9.59 Å². The summed E-state index contributed by atoms with van der Waals surface area (Å²) in [6, 6.07) is 10.2. The maximum absolute atomic E-state index is 11.7. The van der Waals surface area contributed by atoms with Gasteiger partial charge in [-0.15, -0.1) is 0 Å². The van der Waals surface area contributed by atoms with Gasteiger partial charge in [-0.2, -0.15) is 0 Å². The Morgan fingerprint density at radius 1 is 1.07 bits per heavy atom. The van der Waals surface area contributed by atoms with E-state index in [1.165, 1.54) is 6.92 Å². The van der Waals surface area contributed by atoms with E-state index in [0.717, 1.165) is 18.8 Å². The number of hydrogen-bond acceptors (Lipinski definition) is 5. The van der Waals surface area contributed by atoms with E-state index < -0.39 is 17.5 Å². The van der Waals surface area contributed by atoms with Gasteiger partial charge in [-0.1, -0.05) is 18.2 Å². The number of benzene rings is 1. The number of amides is 1. The lowest BCUT2D eigenvalue weighted by Crippen LogP contribution is -2.52. The number of aliphatic carboxylic acids is 1. The SMILES string of the molecule is CC(=O)N1CCN(CC2(O)CCN(c3ccccc3)CC2)C[C@@H](C(=O)O)C1. The van der Waals surface area contributed by atoms with E-state index in [-0.39, 0.29) is 12.5 Å². The second kappa shape index (κ2) is 8.27. The van der Waals surface area contributed by atoms with Crippen molar-refractivity contribution in [2.75, 3.05) is 50.7 Å². The Morgan fingerprint density at radius 2 is 1.74 bits per heavy atom. The number of rotatable bonds is 4. The topological polar surface area (TPSA) is 84.3 Å². The monoisotopic (exact) mass is 375 g/mol. The second-order valence-corrected chi connectivity index (χ2v) is 7.78. The lowest BCUT2D eigenvalue weighted by Gasteiger charge is -2.41. The molecule has 0 aliphatic carbocycles. The van der Waals surface area contributed by atoms with Crippen molar-refractivity contribution in [3.05, 3.63) is 30.3 Å². The van der Waals surface area contributed by atoms with Crippen molar-refractivity contribution in [1.29, 1.82) is 0 Å². The molecule has 2 saturated heterocycles. The number of carboxylic acids is 1. The van der Waals surface area contributed by atoms with Crippen molar-refractivity contribution in [2.24, 2.45) is 5.92 Å². The number of aliphatic hydroxyl groups is 1. The quantitative estimate of drug-likeness (QED) is 0.813. The van der Waals surface area contributed by atoms with Crippen LogP contribution in [0.4, 0.5) is 5.69 Å². The number of anilines is 1. The van der Waals surface area contributed by atoms with Crippen molar-refractivity contribution in [2.45, 2.75) is 25.4 Å². The second-order valence-electron chi connectivity index (χ2n) is 7.78. The molecule has 7 heteroatoms. The highest BCUT2D eigenvalue weighted by molar-refractivity contribution is 5.75. The molecule has 1 aromatic rings. The van der Waals surface area contributed by atoms with E-state index in [2.05, 4.69) is 17.0 Å². The molecule has 0 spiro atoms. The average molecular weight is 375 g/mol. The standard InChI is InChI=1S/C20H29N3O4/c1-16(24)23-12-11-21(13-17(14-23)19(25)26)15-20(27)7-9-22(10-8-20)18-5-3-2-4-6-18/h2-6,17,27H,7-15H2,1H3,(H,25,26)/t17-/m1/s1. The van der Waals surface area contributed by atoms with Crippen molar-refractivity contribution in [3.8, 4) is 0 Å². The van der Waals surface area contributed by atoms with Gasteiger partial charge in [-0.05, 0) is 25.0 Å². The molecule has 2 aliphatic heterocycles. The number of carbonyl (C=O) groups excluding carboxylic acids is 1. The largest absolute Gasteiger partial charge is 0.481 e. The van der Waals surface area contributed by atoms with Crippen LogP contribution in [0, 0.1) is 5.92 Å². The predicted molar refractivity (Wildman–Crippen MR) is 103 cm³/mol. The molecule has 2 aliphatic rings. The first-order valence-electron chi connectivity index (χ1n) is 9.59. The first-order valence-corrected chi connectivity index (χ1v) is 9.59. The Bertz CT molecular complexity index is 658. The molecule has 3 rings (SSSR count). The van der Waals surface area contributed by atoms with E-state index in [1.54, 1.807) is 4.90 Å². The van der Waals surface area contributed by atoms with Crippen LogP contribution in [0.2, 0.25) is 0 Å². The molecule has 0 bridgehead atoms. The Morgan fingerprint density at radius 3 is 2.33 bits per heavy atom. The molecule has 2 fully saturated rings. The van der Waals surface area contributed by atoms with Crippen LogP contribution in [0.25, 0.3) is 0 Å². The molecular weight excluding hydrogens is 346 g/mol. The third-order valence-electron chi connectivity index (χ3n) is 5.73. The third-order valence-corrected chi connectivity index (χ3v) is 5.73. The molecule has 2 N–H and O–H groups in total. The fourth-order valence-electron chi connectivity index (χ4n) is 4.06. The van der Waals surface area contributed by atoms with Gasteiger partial charge in [0.15, 0.2) is 0 Å². The average Bonchev–Trinajstić information content (AvgIpc) is 2.86. The zero-order chi connectivity index (χ0) is 19.4. The molecule has 0 aromatic heterocycles. The summed E-state index contributed by atoms with van der Waals surface area (Å²) < 4.78 is 0. The Labute approximate surface area is 160 Å². The van der Waals surface area contributed by atoms with E-state index in [1.807, 2.05) is 23.1 Å². The normalized spacial score (nSPS) is 23.7. The smallest absolute Gasteiger partial charge is 0.309 e. The summed E-state index contributed by atoms with van der Waals surface area (Å²) in [7, 11) is 0. The van der Waals surface area contributed by atoms with E-state index >= 15 is 0 Å². The molecular formula is C20H29N3O4. The Balaban J connectivity index is 1.60. The van der Waals surface area contributed by atoms with Crippen molar-refractivity contribution >= 4 is 17.6 Å². The zero-order valence-electron chi connectivity index (χ0n) is 15.9. The van der Waals surface area contributed by atoms with Gasteiger partial charge in [0.1, 0.15) is 0 Å².